The Morgan fingerprint density at radius 1 is 1.21 bits per heavy atom. The number of nitriles is 1. The van der Waals surface area contributed by atoms with Crippen LogP contribution >= 0.6 is 0 Å². The predicted molar refractivity (Wildman–Crippen MR) is 97.1 cm³/mol. The Bertz CT molecular complexity index is 1100. The van der Waals surface area contributed by atoms with E-state index < -0.39 is 17.5 Å². The van der Waals surface area contributed by atoms with Crippen molar-refractivity contribution in [3.63, 3.8) is 0 Å². The molecule has 9 heteroatoms. The van der Waals surface area contributed by atoms with Crippen molar-refractivity contribution in [3.05, 3.63) is 53.3 Å². The normalized spacial score (nSPS) is 19.2. The topological polar surface area (TPSA) is 73.0 Å². The molecule has 2 aromatic heterocycles. The molecule has 150 valence electrons. The Hall–Kier alpha value is -2.96. The van der Waals surface area contributed by atoms with Crippen LogP contribution in [0.5, 0.6) is 0 Å². The van der Waals surface area contributed by atoms with Crippen LogP contribution in [-0.2, 0) is 15.7 Å². The lowest BCUT2D eigenvalue weighted by molar-refractivity contribution is -0.275. The van der Waals surface area contributed by atoms with Gasteiger partial charge in [0.05, 0.1) is 29.3 Å². The quantitative estimate of drug-likeness (QED) is 0.630. The molecule has 1 aliphatic heterocycles. The Morgan fingerprint density at radius 3 is 2.55 bits per heavy atom. The summed E-state index contributed by atoms with van der Waals surface area (Å²) < 4.78 is 51.5. The molecular weight excluding hydrogens is 385 g/mol. The first-order chi connectivity index (χ1) is 13.7. The molecule has 1 unspecified atom stereocenters. The van der Waals surface area contributed by atoms with Crippen molar-refractivity contribution in [3.8, 4) is 11.8 Å². The van der Waals surface area contributed by atoms with Crippen LogP contribution in [0, 0.1) is 11.3 Å². The molecule has 1 aliphatic rings. The van der Waals surface area contributed by atoms with E-state index >= 15 is 0 Å². The molecule has 0 bridgehead atoms. The first kappa shape index (κ1) is 19.4. The summed E-state index contributed by atoms with van der Waals surface area (Å²) in [5.74, 6) is -0.769. The highest BCUT2D eigenvalue weighted by atomic mass is 19.4. The lowest BCUT2D eigenvalue weighted by Gasteiger charge is -2.36. The number of pyridine rings is 1. The highest BCUT2D eigenvalue weighted by Gasteiger charge is 2.33. The van der Waals surface area contributed by atoms with E-state index in [-0.39, 0.29) is 11.8 Å². The standard InChI is InChI=1S/C20H17F3N4O2/c1-19(2)28-10-8-16(29-19)14-7-9-25-18-17(14)15(11-24)26-27(18)13-5-3-12(4-6-13)20(21,22)23/h3-7,9,16H,8,10H2,1-2H3. The van der Waals surface area contributed by atoms with Gasteiger partial charge in [0.1, 0.15) is 6.07 Å². The van der Waals surface area contributed by atoms with Gasteiger partial charge in [0.2, 0.25) is 0 Å². The molecule has 29 heavy (non-hydrogen) atoms. The number of alkyl halides is 3. The zero-order valence-electron chi connectivity index (χ0n) is 15.7. The van der Waals surface area contributed by atoms with E-state index in [2.05, 4.69) is 16.2 Å². The monoisotopic (exact) mass is 402 g/mol. The maximum atomic E-state index is 12.9. The van der Waals surface area contributed by atoms with Crippen LogP contribution in [0.1, 0.15) is 43.2 Å². The Labute approximate surface area is 164 Å². The second kappa shape index (κ2) is 6.83. The number of fused-ring (bicyclic) bond motifs is 1. The summed E-state index contributed by atoms with van der Waals surface area (Å²) in [6.07, 6.45) is -2.57. The van der Waals surface area contributed by atoms with E-state index in [0.29, 0.717) is 29.7 Å². The molecule has 4 rings (SSSR count). The molecule has 6 nitrogen and oxygen atoms in total. The number of ether oxygens (including phenoxy) is 2. The van der Waals surface area contributed by atoms with Gasteiger partial charge in [0.15, 0.2) is 17.1 Å². The minimum atomic E-state index is -4.43. The van der Waals surface area contributed by atoms with E-state index in [4.69, 9.17) is 9.47 Å². The van der Waals surface area contributed by atoms with Crippen molar-refractivity contribution < 1.29 is 22.6 Å². The second-order valence-electron chi connectivity index (χ2n) is 7.16. The van der Waals surface area contributed by atoms with Gasteiger partial charge in [0, 0.05) is 12.6 Å². The fraction of sp³-hybridized carbons (Fsp3) is 0.350. The molecule has 1 fully saturated rings. The molecule has 0 radical (unpaired) electrons. The highest BCUT2D eigenvalue weighted by molar-refractivity contribution is 5.86. The van der Waals surface area contributed by atoms with Crippen LogP contribution in [0.4, 0.5) is 13.2 Å². The van der Waals surface area contributed by atoms with E-state index in [0.717, 1.165) is 17.7 Å². The maximum absolute atomic E-state index is 12.9. The van der Waals surface area contributed by atoms with Crippen LogP contribution in [0.2, 0.25) is 0 Å². The Morgan fingerprint density at radius 2 is 1.93 bits per heavy atom. The van der Waals surface area contributed by atoms with Crippen LogP contribution in [-0.4, -0.2) is 27.2 Å². The third kappa shape index (κ3) is 3.57. The first-order valence-corrected chi connectivity index (χ1v) is 8.97. The molecule has 0 saturated carbocycles. The number of hydrogen-bond acceptors (Lipinski definition) is 5. The zero-order chi connectivity index (χ0) is 20.8. The molecule has 3 aromatic rings. The molecule has 3 heterocycles. The van der Waals surface area contributed by atoms with Crippen molar-refractivity contribution in [1.82, 2.24) is 14.8 Å². The lowest BCUT2D eigenvalue weighted by Crippen LogP contribution is -2.36. The SMILES string of the molecule is CC1(C)OCCC(c2ccnc3c2c(C#N)nn3-c2ccc(C(F)(F)F)cc2)O1. The van der Waals surface area contributed by atoms with Gasteiger partial charge in [-0.1, -0.05) is 0 Å². The van der Waals surface area contributed by atoms with Crippen molar-refractivity contribution in [2.45, 2.75) is 38.3 Å². The third-order valence-corrected chi connectivity index (χ3v) is 4.75. The van der Waals surface area contributed by atoms with E-state index in [1.54, 1.807) is 12.3 Å². The summed E-state index contributed by atoms with van der Waals surface area (Å²) in [6.45, 7) is 4.12. The smallest absolute Gasteiger partial charge is 0.350 e. The van der Waals surface area contributed by atoms with Crippen LogP contribution in [0.15, 0.2) is 36.5 Å². The summed E-state index contributed by atoms with van der Waals surface area (Å²) >= 11 is 0. The summed E-state index contributed by atoms with van der Waals surface area (Å²) in [4.78, 5) is 4.33. The molecular formula is C20H17F3N4O2. The van der Waals surface area contributed by atoms with Crippen LogP contribution in [0.3, 0.4) is 0 Å². The van der Waals surface area contributed by atoms with E-state index in [9.17, 15) is 18.4 Å². The molecule has 1 atom stereocenters. The number of aromatic nitrogens is 3. The van der Waals surface area contributed by atoms with Gasteiger partial charge < -0.3 is 9.47 Å². The largest absolute Gasteiger partial charge is 0.416 e. The molecule has 0 N–H and O–H groups in total. The fourth-order valence-electron chi connectivity index (χ4n) is 3.45. The van der Waals surface area contributed by atoms with Gasteiger partial charge in [-0.2, -0.15) is 23.5 Å². The number of nitrogens with zero attached hydrogens (tertiary/aromatic N) is 4. The maximum Gasteiger partial charge on any atom is 0.416 e. The lowest BCUT2D eigenvalue weighted by atomic mass is 10.0. The van der Waals surface area contributed by atoms with Crippen molar-refractivity contribution in [1.29, 1.82) is 5.26 Å². The van der Waals surface area contributed by atoms with Gasteiger partial charge >= 0.3 is 6.18 Å². The average Bonchev–Trinajstić information content (AvgIpc) is 3.05. The second-order valence-corrected chi connectivity index (χ2v) is 7.16. The molecule has 1 aromatic carbocycles. The van der Waals surface area contributed by atoms with Gasteiger partial charge in [-0.15, -0.1) is 0 Å². The zero-order valence-corrected chi connectivity index (χ0v) is 15.7. The van der Waals surface area contributed by atoms with Crippen molar-refractivity contribution >= 4 is 11.0 Å². The third-order valence-electron chi connectivity index (χ3n) is 4.75. The molecule has 1 saturated heterocycles. The van der Waals surface area contributed by atoms with Crippen molar-refractivity contribution in [2.24, 2.45) is 0 Å². The Balaban J connectivity index is 1.83. The number of benzene rings is 1. The molecule has 0 spiro atoms. The first-order valence-electron chi connectivity index (χ1n) is 8.97. The Kier molecular flexibility index (Phi) is 4.56. The van der Waals surface area contributed by atoms with Crippen LogP contribution < -0.4 is 0 Å². The van der Waals surface area contributed by atoms with Crippen molar-refractivity contribution in [2.75, 3.05) is 6.61 Å². The number of halogens is 3. The minimum absolute atomic E-state index is 0.135. The summed E-state index contributed by atoms with van der Waals surface area (Å²) in [6, 6.07) is 8.39. The highest BCUT2D eigenvalue weighted by Crippen LogP contribution is 2.37. The van der Waals surface area contributed by atoms with E-state index in [1.165, 1.54) is 16.8 Å². The molecule has 0 aliphatic carbocycles. The number of rotatable bonds is 2. The van der Waals surface area contributed by atoms with Crippen LogP contribution in [0.25, 0.3) is 16.7 Å². The summed E-state index contributed by atoms with van der Waals surface area (Å²) in [5.41, 5.74) is 0.885. The summed E-state index contributed by atoms with van der Waals surface area (Å²) in [5, 5.41) is 14.4. The average molecular weight is 402 g/mol. The predicted octanol–water partition coefficient (Wildman–Crippen LogP) is 4.53. The van der Waals surface area contributed by atoms with Gasteiger partial charge in [-0.05, 0) is 49.7 Å². The van der Waals surface area contributed by atoms with Gasteiger partial charge in [0.25, 0.3) is 0 Å². The van der Waals surface area contributed by atoms with E-state index in [1.807, 2.05) is 13.8 Å². The number of hydrogen-bond donors (Lipinski definition) is 0. The fourth-order valence-corrected chi connectivity index (χ4v) is 3.45. The molecule has 0 amide bonds. The van der Waals surface area contributed by atoms with Gasteiger partial charge in [-0.3, -0.25) is 0 Å². The van der Waals surface area contributed by atoms with Gasteiger partial charge in [-0.25, -0.2) is 9.67 Å². The summed E-state index contributed by atoms with van der Waals surface area (Å²) in [7, 11) is 0. The minimum Gasteiger partial charge on any atom is -0.350 e.